The van der Waals surface area contributed by atoms with Gasteiger partial charge in [-0.2, -0.15) is 0 Å². The van der Waals surface area contributed by atoms with Gasteiger partial charge in [0.1, 0.15) is 0 Å². The van der Waals surface area contributed by atoms with Gasteiger partial charge in [-0.3, -0.25) is 4.79 Å². The van der Waals surface area contributed by atoms with Gasteiger partial charge in [0.25, 0.3) is 5.91 Å². The number of carbonyl (C=O) groups excluding carboxylic acids is 1. The molecule has 4 nitrogen and oxygen atoms in total. The van der Waals surface area contributed by atoms with E-state index in [0.29, 0.717) is 30.2 Å². The highest BCUT2D eigenvalue weighted by atomic mass is 32.1. The third-order valence-electron chi connectivity index (χ3n) is 3.19. The van der Waals surface area contributed by atoms with Gasteiger partial charge in [-0.25, -0.2) is 0 Å². The maximum atomic E-state index is 12.7. The summed E-state index contributed by atoms with van der Waals surface area (Å²) in [4.78, 5) is 15.6. The highest BCUT2D eigenvalue weighted by molar-refractivity contribution is 7.09. The first-order valence-corrected chi connectivity index (χ1v) is 7.72. The first-order valence-electron chi connectivity index (χ1n) is 6.84. The molecule has 2 rings (SSSR count). The molecule has 0 atom stereocenters. The van der Waals surface area contributed by atoms with E-state index in [4.69, 9.17) is 9.47 Å². The van der Waals surface area contributed by atoms with E-state index in [1.165, 1.54) is 0 Å². The van der Waals surface area contributed by atoms with Gasteiger partial charge < -0.3 is 14.4 Å². The van der Waals surface area contributed by atoms with E-state index in [0.717, 1.165) is 4.88 Å². The fourth-order valence-corrected chi connectivity index (χ4v) is 2.84. The third kappa shape index (κ3) is 3.68. The Morgan fingerprint density at radius 1 is 1.27 bits per heavy atom. The standard InChI is InChI=1S/C17H19NO3S/c1-4-9-18(12-14-6-5-10-22-14)17(19)13-7-8-15(20-2)16(11-13)21-3/h4-8,10-11H,1,9,12H2,2-3H3. The summed E-state index contributed by atoms with van der Waals surface area (Å²) in [5.41, 5.74) is 0.566. The van der Waals surface area contributed by atoms with E-state index in [-0.39, 0.29) is 5.91 Å². The van der Waals surface area contributed by atoms with Crippen molar-refractivity contribution >= 4 is 17.2 Å². The molecule has 116 valence electrons. The zero-order valence-electron chi connectivity index (χ0n) is 12.7. The highest BCUT2D eigenvalue weighted by Crippen LogP contribution is 2.28. The third-order valence-corrected chi connectivity index (χ3v) is 4.06. The maximum Gasteiger partial charge on any atom is 0.254 e. The van der Waals surface area contributed by atoms with Crippen LogP contribution in [-0.4, -0.2) is 31.6 Å². The molecule has 22 heavy (non-hydrogen) atoms. The summed E-state index contributed by atoms with van der Waals surface area (Å²) in [6.45, 7) is 4.79. The largest absolute Gasteiger partial charge is 0.493 e. The molecular weight excluding hydrogens is 298 g/mol. The lowest BCUT2D eigenvalue weighted by Crippen LogP contribution is -2.30. The number of methoxy groups -OCH3 is 2. The van der Waals surface area contributed by atoms with Crippen LogP contribution in [0.4, 0.5) is 0 Å². The summed E-state index contributed by atoms with van der Waals surface area (Å²) in [5, 5.41) is 2.00. The molecule has 1 aromatic carbocycles. The number of benzene rings is 1. The van der Waals surface area contributed by atoms with Crippen molar-refractivity contribution in [1.29, 1.82) is 0 Å². The second-order valence-electron chi connectivity index (χ2n) is 4.62. The van der Waals surface area contributed by atoms with Gasteiger partial charge >= 0.3 is 0 Å². The Morgan fingerprint density at radius 3 is 2.64 bits per heavy atom. The Morgan fingerprint density at radius 2 is 2.05 bits per heavy atom. The van der Waals surface area contributed by atoms with Crippen LogP contribution in [0.5, 0.6) is 11.5 Å². The van der Waals surface area contributed by atoms with Gasteiger partial charge in [0.2, 0.25) is 0 Å². The predicted octanol–water partition coefficient (Wildman–Crippen LogP) is 3.59. The van der Waals surface area contributed by atoms with Gasteiger partial charge in [-0.05, 0) is 29.6 Å². The molecule has 0 saturated heterocycles. The number of ether oxygens (including phenoxy) is 2. The van der Waals surface area contributed by atoms with Crippen molar-refractivity contribution in [3.63, 3.8) is 0 Å². The Balaban J connectivity index is 2.24. The molecule has 5 heteroatoms. The van der Waals surface area contributed by atoms with E-state index in [9.17, 15) is 4.79 Å². The quantitative estimate of drug-likeness (QED) is 0.733. The summed E-state index contributed by atoms with van der Waals surface area (Å²) >= 11 is 1.63. The Hall–Kier alpha value is -2.27. The summed E-state index contributed by atoms with van der Waals surface area (Å²) in [6.07, 6.45) is 1.73. The van der Waals surface area contributed by atoms with Crippen molar-refractivity contribution < 1.29 is 14.3 Å². The number of amides is 1. The van der Waals surface area contributed by atoms with Gasteiger partial charge in [0.05, 0.1) is 20.8 Å². The van der Waals surface area contributed by atoms with Crippen molar-refractivity contribution in [2.45, 2.75) is 6.54 Å². The second kappa shape index (κ2) is 7.66. The van der Waals surface area contributed by atoms with Crippen LogP contribution in [-0.2, 0) is 6.54 Å². The molecule has 0 fully saturated rings. The Kier molecular flexibility index (Phi) is 5.61. The molecule has 1 amide bonds. The summed E-state index contributed by atoms with van der Waals surface area (Å²) in [6, 6.07) is 9.18. The summed E-state index contributed by atoms with van der Waals surface area (Å²) in [7, 11) is 3.12. The molecule has 0 aliphatic carbocycles. The van der Waals surface area contributed by atoms with Gasteiger partial charge in [0, 0.05) is 17.0 Å². The van der Waals surface area contributed by atoms with Crippen LogP contribution in [0.25, 0.3) is 0 Å². The van der Waals surface area contributed by atoms with Crippen molar-refractivity contribution in [3.8, 4) is 11.5 Å². The average Bonchev–Trinajstić information content (AvgIpc) is 3.06. The summed E-state index contributed by atoms with van der Waals surface area (Å²) < 4.78 is 10.5. The molecule has 1 heterocycles. The molecule has 0 unspecified atom stereocenters. The molecule has 1 aromatic heterocycles. The van der Waals surface area contributed by atoms with Crippen LogP contribution in [0.15, 0.2) is 48.4 Å². The molecule has 0 radical (unpaired) electrons. The number of hydrogen-bond acceptors (Lipinski definition) is 4. The molecule has 0 bridgehead atoms. The Bertz CT molecular complexity index is 637. The maximum absolute atomic E-state index is 12.7. The molecule has 0 spiro atoms. The number of nitrogens with zero attached hydrogens (tertiary/aromatic N) is 1. The molecule has 0 aliphatic rings. The minimum Gasteiger partial charge on any atom is -0.493 e. The minimum absolute atomic E-state index is 0.0609. The SMILES string of the molecule is C=CCN(Cc1cccs1)C(=O)c1ccc(OC)c(OC)c1. The number of thiophene rings is 1. The molecule has 0 N–H and O–H groups in total. The molecule has 0 aliphatic heterocycles. The Labute approximate surface area is 134 Å². The smallest absolute Gasteiger partial charge is 0.254 e. The lowest BCUT2D eigenvalue weighted by molar-refractivity contribution is 0.0764. The predicted molar refractivity (Wildman–Crippen MR) is 88.8 cm³/mol. The zero-order valence-corrected chi connectivity index (χ0v) is 13.6. The fourth-order valence-electron chi connectivity index (χ4n) is 2.12. The van der Waals surface area contributed by atoms with Crippen molar-refractivity contribution in [1.82, 2.24) is 4.90 Å². The van der Waals surface area contributed by atoms with Crippen LogP contribution in [0.1, 0.15) is 15.2 Å². The topological polar surface area (TPSA) is 38.8 Å². The van der Waals surface area contributed by atoms with Crippen LogP contribution in [0.3, 0.4) is 0 Å². The number of hydrogen-bond donors (Lipinski definition) is 0. The van der Waals surface area contributed by atoms with Crippen LogP contribution >= 0.6 is 11.3 Å². The second-order valence-corrected chi connectivity index (χ2v) is 5.66. The number of carbonyl (C=O) groups is 1. The molecule has 2 aromatic rings. The van der Waals surface area contributed by atoms with Crippen molar-refractivity contribution in [2.75, 3.05) is 20.8 Å². The van der Waals surface area contributed by atoms with Crippen LogP contribution < -0.4 is 9.47 Å². The van der Waals surface area contributed by atoms with Crippen LogP contribution in [0, 0.1) is 0 Å². The van der Waals surface area contributed by atoms with Crippen molar-refractivity contribution in [2.24, 2.45) is 0 Å². The van der Waals surface area contributed by atoms with E-state index in [1.807, 2.05) is 17.5 Å². The van der Waals surface area contributed by atoms with Gasteiger partial charge in [0.15, 0.2) is 11.5 Å². The fraction of sp³-hybridized carbons (Fsp3) is 0.235. The first-order chi connectivity index (χ1) is 10.7. The van der Waals surface area contributed by atoms with E-state index >= 15 is 0 Å². The normalized spacial score (nSPS) is 10.1. The monoisotopic (exact) mass is 317 g/mol. The first kappa shape index (κ1) is 16.1. The van der Waals surface area contributed by atoms with Gasteiger partial charge in [-0.15, -0.1) is 17.9 Å². The van der Waals surface area contributed by atoms with E-state index in [2.05, 4.69) is 6.58 Å². The summed E-state index contributed by atoms with van der Waals surface area (Å²) in [5.74, 6) is 1.09. The molecule has 0 saturated carbocycles. The zero-order chi connectivity index (χ0) is 15.9. The minimum atomic E-state index is -0.0609. The van der Waals surface area contributed by atoms with E-state index in [1.54, 1.807) is 54.7 Å². The number of rotatable bonds is 7. The van der Waals surface area contributed by atoms with Crippen molar-refractivity contribution in [3.05, 3.63) is 58.8 Å². The highest BCUT2D eigenvalue weighted by Gasteiger charge is 2.17. The van der Waals surface area contributed by atoms with Gasteiger partial charge in [-0.1, -0.05) is 12.1 Å². The average molecular weight is 317 g/mol. The van der Waals surface area contributed by atoms with E-state index < -0.39 is 0 Å². The lowest BCUT2D eigenvalue weighted by atomic mass is 10.1. The van der Waals surface area contributed by atoms with Crippen LogP contribution in [0.2, 0.25) is 0 Å². The molecular formula is C17H19NO3S. The lowest BCUT2D eigenvalue weighted by Gasteiger charge is -2.21.